The van der Waals surface area contributed by atoms with Crippen molar-refractivity contribution in [1.82, 2.24) is 9.55 Å². The summed E-state index contributed by atoms with van der Waals surface area (Å²) in [6.07, 6.45) is 3.35. The second-order valence-corrected chi connectivity index (χ2v) is 4.06. The van der Waals surface area contributed by atoms with Crippen LogP contribution in [-0.2, 0) is 13.5 Å². The number of hydrogen-bond acceptors (Lipinski definition) is 2. The number of rotatable bonds is 3. The van der Waals surface area contributed by atoms with Crippen LogP contribution in [0.1, 0.15) is 16.2 Å². The summed E-state index contributed by atoms with van der Waals surface area (Å²) >= 11 is 5.82. The van der Waals surface area contributed by atoms with Gasteiger partial charge in [0, 0.05) is 19.4 Å². The lowest BCUT2D eigenvalue weighted by Gasteiger charge is -2.05. The molecule has 17 heavy (non-hydrogen) atoms. The Balaban J connectivity index is 2.30. The zero-order chi connectivity index (χ0) is 12.4. The normalized spacial score (nSPS) is 10.5. The maximum Gasteiger partial charge on any atom is 0.174 e. The summed E-state index contributed by atoms with van der Waals surface area (Å²) < 4.78 is 15.2. The van der Waals surface area contributed by atoms with Gasteiger partial charge in [-0.2, -0.15) is 0 Å². The molecule has 0 amide bonds. The summed E-state index contributed by atoms with van der Waals surface area (Å²) in [5.41, 5.74) is -0.0721. The van der Waals surface area contributed by atoms with Crippen LogP contribution in [0, 0.1) is 5.82 Å². The van der Waals surface area contributed by atoms with Gasteiger partial charge in [-0.1, -0.05) is 17.7 Å². The van der Waals surface area contributed by atoms with Gasteiger partial charge in [-0.05, 0) is 12.1 Å². The zero-order valence-electron chi connectivity index (χ0n) is 9.15. The van der Waals surface area contributed by atoms with Crippen LogP contribution in [0.5, 0.6) is 0 Å². The molecule has 0 saturated carbocycles. The maximum absolute atomic E-state index is 13.5. The standard InChI is InChI=1S/C12H10ClFN2O/c1-16-6-5-15-11(16)7-10(17)12-8(13)3-2-4-9(12)14/h2-6H,7H2,1H3. The molecular weight excluding hydrogens is 243 g/mol. The monoisotopic (exact) mass is 252 g/mol. The van der Waals surface area contributed by atoms with Gasteiger partial charge in [0.05, 0.1) is 17.0 Å². The van der Waals surface area contributed by atoms with Gasteiger partial charge < -0.3 is 4.57 Å². The Kier molecular flexibility index (Phi) is 3.24. The molecule has 88 valence electrons. The molecular formula is C12H10ClFN2O. The lowest BCUT2D eigenvalue weighted by atomic mass is 10.1. The molecule has 0 aliphatic rings. The number of imidazole rings is 1. The number of halogens is 2. The zero-order valence-corrected chi connectivity index (χ0v) is 9.91. The van der Waals surface area contributed by atoms with E-state index in [1.165, 1.54) is 18.2 Å². The van der Waals surface area contributed by atoms with Crippen LogP contribution < -0.4 is 0 Å². The molecule has 0 N–H and O–H groups in total. The van der Waals surface area contributed by atoms with E-state index < -0.39 is 5.82 Å². The van der Waals surface area contributed by atoms with Crippen molar-refractivity contribution in [1.29, 1.82) is 0 Å². The molecule has 0 fully saturated rings. The van der Waals surface area contributed by atoms with Crippen molar-refractivity contribution in [2.24, 2.45) is 7.05 Å². The third kappa shape index (κ3) is 2.36. The van der Waals surface area contributed by atoms with Crippen LogP contribution in [0.4, 0.5) is 4.39 Å². The van der Waals surface area contributed by atoms with Gasteiger partial charge in [-0.15, -0.1) is 0 Å². The number of hydrogen-bond donors (Lipinski definition) is 0. The summed E-state index contributed by atoms with van der Waals surface area (Å²) in [6, 6.07) is 4.18. The first-order chi connectivity index (χ1) is 8.09. The molecule has 2 aromatic rings. The van der Waals surface area contributed by atoms with Crippen LogP contribution in [0.3, 0.4) is 0 Å². The molecule has 5 heteroatoms. The van der Waals surface area contributed by atoms with Gasteiger partial charge in [0.25, 0.3) is 0 Å². The number of aryl methyl sites for hydroxylation is 1. The molecule has 0 aliphatic carbocycles. The smallest absolute Gasteiger partial charge is 0.174 e. The molecule has 1 aromatic carbocycles. The van der Waals surface area contributed by atoms with E-state index in [0.717, 1.165) is 0 Å². The van der Waals surface area contributed by atoms with E-state index in [1.54, 1.807) is 24.0 Å². The number of benzene rings is 1. The molecule has 0 radical (unpaired) electrons. The highest BCUT2D eigenvalue weighted by Crippen LogP contribution is 2.20. The molecule has 0 saturated heterocycles. The van der Waals surface area contributed by atoms with Crippen molar-refractivity contribution in [2.45, 2.75) is 6.42 Å². The van der Waals surface area contributed by atoms with E-state index in [4.69, 9.17) is 11.6 Å². The molecule has 0 spiro atoms. The summed E-state index contributed by atoms with van der Waals surface area (Å²) in [5.74, 6) is -0.395. The minimum atomic E-state index is -0.600. The van der Waals surface area contributed by atoms with E-state index in [0.29, 0.717) is 5.82 Å². The SMILES string of the molecule is Cn1ccnc1CC(=O)c1c(F)cccc1Cl. The van der Waals surface area contributed by atoms with E-state index in [1.807, 2.05) is 0 Å². The Labute approximate surface area is 103 Å². The van der Waals surface area contributed by atoms with E-state index in [-0.39, 0.29) is 22.8 Å². The average molecular weight is 253 g/mol. The van der Waals surface area contributed by atoms with E-state index >= 15 is 0 Å². The second kappa shape index (κ2) is 4.67. The predicted molar refractivity (Wildman–Crippen MR) is 62.7 cm³/mol. The Hall–Kier alpha value is -1.68. The van der Waals surface area contributed by atoms with Crippen LogP contribution in [-0.4, -0.2) is 15.3 Å². The summed E-state index contributed by atoms with van der Waals surface area (Å²) in [5, 5.41) is 0.129. The van der Waals surface area contributed by atoms with Crippen LogP contribution in [0.2, 0.25) is 5.02 Å². The van der Waals surface area contributed by atoms with Gasteiger partial charge >= 0.3 is 0 Å². The first-order valence-electron chi connectivity index (χ1n) is 5.03. The quantitative estimate of drug-likeness (QED) is 0.787. The molecule has 0 unspecified atom stereocenters. The highest BCUT2D eigenvalue weighted by Gasteiger charge is 2.17. The number of carbonyl (C=O) groups is 1. The Bertz CT molecular complexity index is 545. The molecule has 2 rings (SSSR count). The van der Waals surface area contributed by atoms with Gasteiger partial charge in [0.1, 0.15) is 11.6 Å². The highest BCUT2D eigenvalue weighted by molar-refractivity contribution is 6.34. The first-order valence-corrected chi connectivity index (χ1v) is 5.41. The van der Waals surface area contributed by atoms with Crippen molar-refractivity contribution < 1.29 is 9.18 Å². The molecule has 1 aromatic heterocycles. The van der Waals surface area contributed by atoms with Gasteiger partial charge in [-0.25, -0.2) is 9.37 Å². The van der Waals surface area contributed by atoms with Crippen LogP contribution in [0.15, 0.2) is 30.6 Å². The van der Waals surface area contributed by atoms with Crippen LogP contribution in [0.25, 0.3) is 0 Å². The van der Waals surface area contributed by atoms with Crippen molar-refractivity contribution in [3.8, 4) is 0 Å². The average Bonchev–Trinajstić information content (AvgIpc) is 2.64. The topological polar surface area (TPSA) is 34.9 Å². The largest absolute Gasteiger partial charge is 0.338 e. The van der Waals surface area contributed by atoms with Gasteiger partial charge in [0.15, 0.2) is 5.78 Å². The van der Waals surface area contributed by atoms with Gasteiger partial charge in [0.2, 0.25) is 0 Å². The fourth-order valence-electron chi connectivity index (χ4n) is 1.56. The van der Waals surface area contributed by atoms with Crippen molar-refractivity contribution >= 4 is 17.4 Å². The van der Waals surface area contributed by atoms with Gasteiger partial charge in [-0.3, -0.25) is 4.79 Å². The van der Waals surface area contributed by atoms with Crippen molar-refractivity contribution in [3.63, 3.8) is 0 Å². The fraction of sp³-hybridized carbons (Fsp3) is 0.167. The first kappa shape index (κ1) is 11.8. The number of nitrogens with zero attached hydrogens (tertiary/aromatic N) is 2. The number of ketones is 1. The van der Waals surface area contributed by atoms with Crippen molar-refractivity contribution in [3.05, 3.63) is 52.8 Å². The lowest BCUT2D eigenvalue weighted by Crippen LogP contribution is -2.10. The summed E-state index contributed by atoms with van der Waals surface area (Å²) in [4.78, 5) is 15.9. The predicted octanol–water partition coefficient (Wildman–Crippen LogP) is 2.64. The maximum atomic E-state index is 13.5. The van der Waals surface area contributed by atoms with E-state index in [2.05, 4.69) is 4.98 Å². The molecule has 0 atom stereocenters. The lowest BCUT2D eigenvalue weighted by molar-refractivity contribution is 0.0986. The Morgan fingerprint density at radius 2 is 2.29 bits per heavy atom. The molecule has 0 aliphatic heterocycles. The molecule has 3 nitrogen and oxygen atoms in total. The molecule has 1 heterocycles. The Morgan fingerprint density at radius 1 is 1.53 bits per heavy atom. The second-order valence-electron chi connectivity index (χ2n) is 3.65. The molecule has 0 bridgehead atoms. The minimum Gasteiger partial charge on any atom is -0.338 e. The fourth-order valence-corrected chi connectivity index (χ4v) is 1.83. The van der Waals surface area contributed by atoms with Crippen molar-refractivity contribution in [2.75, 3.05) is 0 Å². The minimum absolute atomic E-state index is 0.0319. The summed E-state index contributed by atoms with van der Waals surface area (Å²) in [6.45, 7) is 0. The third-order valence-electron chi connectivity index (χ3n) is 2.48. The Morgan fingerprint density at radius 3 is 2.88 bits per heavy atom. The number of Topliss-reactive ketones (excluding diaryl/α,β-unsaturated/α-hetero) is 1. The highest BCUT2D eigenvalue weighted by atomic mass is 35.5. The third-order valence-corrected chi connectivity index (χ3v) is 2.80. The van der Waals surface area contributed by atoms with Crippen LogP contribution >= 0.6 is 11.6 Å². The number of aromatic nitrogens is 2. The summed E-state index contributed by atoms with van der Waals surface area (Å²) in [7, 11) is 1.78. The van der Waals surface area contributed by atoms with E-state index in [9.17, 15) is 9.18 Å². The number of carbonyl (C=O) groups excluding carboxylic acids is 1.